The van der Waals surface area contributed by atoms with E-state index >= 15 is 0 Å². The molecular weight excluding hydrogens is 168 g/mol. The molecule has 0 heterocycles. The molecule has 0 aliphatic carbocycles. The van der Waals surface area contributed by atoms with Gasteiger partial charge in [0.05, 0.1) is 0 Å². The lowest BCUT2D eigenvalue weighted by Gasteiger charge is -2.19. The summed E-state index contributed by atoms with van der Waals surface area (Å²) < 4.78 is 0. The first-order valence-electron chi connectivity index (χ1n) is 6.37. The van der Waals surface area contributed by atoms with Crippen molar-refractivity contribution in [1.29, 1.82) is 0 Å². The van der Waals surface area contributed by atoms with Gasteiger partial charge in [-0.15, -0.1) is 0 Å². The second-order valence-electron chi connectivity index (χ2n) is 5.20. The quantitative estimate of drug-likeness (QED) is 0.467. The van der Waals surface area contributed by atoms with Crippen LogP contribution in [-0.2, 0) is 0 Å². The predicted molar refractivity (Wildman–Crippen MR) is 66.3 cm³/mol. The highest BCUT2D eigenvalue weighted by Crippen LogP contribution is 2.23. The summed E-state index contributed by atoms with van der Waals surface area (Å²) in [5.74, 6) is 3.43. The molecule has 0 saturated carbocycles. The standard InChI is InChI=1S/C14H29/c1-6-9-13(4)14(5)11-8-7-10-12(2)3/h13-14H,6-11H2,1-5H3. The van der Waals surface area contributed by atoms with Crippen molar-refractivity contribution < 1.29 is 0 Å². The van der Waals surface area contributed by atoms with Gasteiger partial charge in [-0.3, -0.25) is 0 Å². The average molecular weight is 197 g/mol. The van der Waals surface area contributed by atoms with E-state index in [1.165, 1.54) is 38.5 Å². The maximum Gasteiger partial charge on any atom is -0.0303 e. The summed E-state index contributed by atoms with van der Waals surface area (Å²) in [6.07, 6.45) is 8.31. The Balaban J connectivity index is 3.38. The second kappa shape index (κ2) is 8.32. The second-order valence-corrected chi connectivity index (χ2v) is 5.20. The third kappa shape index (κ3) is 7.41. The van der Waals surface area contributed by atoms with Gasteiger partial charge in [-0.25, -0.2) is 0 Å². The zero-order valence-electron chi connectivity index (χ0n) is 10.9. The van der Waals surface area contributed by atoms with Gasteiger partial charge in [0.2, 0.25) is 0 Å². The van der Waals surface area contributed by atoms with E-state index in [4.69, 9.17) is 0 Å². The van der Waals surface area contributed by atoms with Crippen molar-refractivity contribution in [2.24, 2.45) is 11.8 Å². The minimum absolute atomic E-state index is 0.923. The summed E-state index contributed by atoms with van der Waals surface area (Å²) >= 11 is 0. The van der Waals surface area contributed by atoms with Gasteiger partial charge in [0, 0.05) is 0 Å². The summed E-state index contributed by atoms with van der Waals surface area (Å²) in [5.41, 5.74) is 0. The van der Waals surface area contributed by atoms with Gasteiger partial charge in [-0.1, -0.05) is 66.7 Å². The molecule has 0 aliphatic heterocycles. The summed E-state index contributed by atoms with van der Waals surface area (Å²) in [4.78, 5) is 0. The Hall–Kier alpha value is 0. The Labute approximate surface area is 91.5 Å². The molecule has 85 valence electrons. The molecule has 0 N–H and O–H groups in total. The molecule has 0 aromatic carbocycles. The van der Waals surface area contributed by atoms with E-state index in [0.717, 1.165) is 11.8 Å². The van der Waals surface area contributed by atoms with Gasteiger partial charge in [0.15, 0.2) is 0 Å². The van der Waals surface area contributed by atoms with Crippen LogP contribution < -0.4 is 0 Å². The van der Waals surface area contributed by atoms with Crippen molar-refractivity contribution in [3.05, 3.63) is 5.92 Å². The third-order valence-corrected chi connectivity index (χ3v) is 3.30. The van der Waals surface area contributed by atoms with Crippen LogP contribution in [0.2, 0.25) is 0 Å². The van der Waals surface area contributed by atoms with Crippen LogP contribution in [0.25, 0.3) is 0 Å². The van der Waals surface area contributed by atoms with Crippen molar-refractivity contribution in [1.82, 2.24) is 0 Å². The van der Waals surface area contributed by atoms with Crippen molar-refractivity contribution in [2.75, 3.05) is 0 Å². The fourth-order valence-electron chi connectivity index (χ4n) is 1.97. The molecule has 0 nitrogen and oxygen atoms in total. The zero-order chi connectivity index (χ0) is 11.0. The highest BCUT2D eigenvalue weighted by atomic mass is 14.2. The van der Waals surface area contributed by atoms with Crippen molar-refractivity contribution in [3.8, 4) is 0 Å². The lowest BCUT2D eigenvalue weighted by Crippen LogP contribution is -2.07. The summed E-state index contributed by atoms with van der Waals surface area (Å²) in [6.45, 7) is 11.6. The SMILES string of the molecule is CCCC(C)C(C)CCCC[C](C)C. The largest absolute Gasteiger partial charge is 0.0654 e. The maximum atomic E-state index is 2.42. The van der Waals surface area contributed by atoms with Crippen molar-refractivity contribution >= 4 is 0 Å². The fraction of sp³-hybridized carbons (Fsp3) is 0.929. The molecule has 0 amide bonds. The van der Waals surface area contributed by atoms with E-state index in [1.54, 1.807) is 5.92 Å². The van der Waals surface area contributed by atoms with Crippen LogP contribution in [0, 0.1) is 17.8 Å². The van der Waals surface area contributed by atoms with Crippen LogP contribution >= 0.6 is 0 Å². The van der Waals surface area contributed by atoms with E-state index in [2.05, 4.69) is 34.6 Å². The molecule has 0 saturated heterocycles. The molecule has 0 spiro atoms. The predicted octanol–water partition coefficient (Wildman–Crippen LogP) is 5.23. The Morgan fingerprint density at radius 2 is 1.50 bits per heavy atom. The molecule has 0 aromatic rings. The summed E-state index contributed by atoms with van der Waals surface area (Å²) in [6, 6.07) is 0. The van der Waals surface area contributed by atoms with E-state index in [1.807, 2.05) is 0 Å². The van der Waals surface area contributed by atoms with Crippen molar-refractivity contribution in [2.45, 2.75) is 73.1 Å². The van der Waals surface area contributed by atoms with E-state index in [-0.39, 0.29) is 0 Å². The zero-order valence-corrected chi connectivity index (χ0v) is 10.9. The highest BCUT2D eigenvalue weighted by Gasteiger charge is 2.10. The van der Waals surface area contributed by atoms with Crippen LogP contribution in [0.4, 0.5) is 0 Å². The molecule has 0 fully saturated rings. The Bertz CT molecular complexity index is 115. The van der Waals surface area contributed by atoms with Crippen LogP contribution in [0.5, 0.6) is 0 Å². The lowest BCUT2D eigenvalue weighted by atomic mass is 9.87. The van der Waals surface area contributed by atoms with Gasteiger partial charge < -0.3 is 0 Å². The molecule has 0 rings (SSSR count). The Morgan fingerprint density at radius 1 is 0.929 bits per heavy atom. The molecule has 0 bridgehead atoms. The molecular formula is C14H29. The fourth-order valence-corrected chi connectivity index (χ4v) is 1.97. The molecule has 0 aromatic heterocycles. The highest BCUT2D eigenvalue weighted by molar-refractivity contribution is 4.76. The number of hydrogen-bond acceptors (Lipinski definition) is 0. The van der Waals surface area contributed by atoms with Crippen molar-refractivity contribution in [3.63, 3.8) is 0 Å². The third-order valence-electron chi connectivity index (χ3n) is 3.30. The van der Waals surface area contributed by atoms with Crippen LogP contribution in [0.3, 0.4) is 0 Å². The molecule has 1 radical (unpaired) electrons. The average Bonchev–Trinajstić information content (AvgIpc) is 2.12. The van der Waals surface area contributed by atoms with E-state index < -0.39 is 0 Å². The lowest BCUT2D eigenvalue weighted by molar-refractivity contribution is 0.331. The topological polar surface area (TPSA) is 0 Å². The first-order chi connectivity index (χ1) is 6.57. The number of hydrogen-bond donors (Lipinski definition) is 0. The van der Waals surface area contributed by atoms with Crippen LogP contribution in [0.15, 0.2) is 0 Å². The Morgan fingerprint density at radius 3 is 2.00 bits per heavy atom. The molecule has 0 heteroatoms. The maximum absolute atomic E-state index is 2.42. The number of rotatable bonds is 8. The number of unbranched alkanes of at least 4 members (excludes halogenated alkanes) is 1. The van der Waals surface area contributed by atoms with Gasteiger partial charge in [-0.05, 0) is 24.2 Å². The van der Waals surface area contributed by atoms with Gasteiger partial charge in [0.25, 0.3) is 0 Å². The minimum Gasteiger partial charge on any atom is -0.0654 e. The van der Waals surface area contributed by atoms with Gasteiger partial charge in [-0.2, -0.15) is 0 Å². The summed E-state index contributed by atoms with van der Waals surface area (Å²) in [5, 5.41) is 0. The molecule has 14 heavy (non-hydrogen) atoms. The van der Waals surface area contributed by atoms with Crippen LogP contribution in [0.1, 0.15) is 73.1 Å². The van der Waals surface area contributed by atoms with E-state index in [9.17, 15) is 0 Å². The first kappa shape index (κ1) is 14.0. The molecule has 2 unspecified atom stereocenters. The molecule has 0 aliphatic rings. The van der Waals surface area contributed by atoms with Gasteiger partial charge >= 0.3 is 0 Å². The van der Waals surface area contributed by atoms with E-state index in [0.29, 0.717) is 0 Å². The first-order valence-corrected chi connectivity index (χ1v) is 6.37. The summed E-state index contributed by atoms with van der Waals surface area (Å²) in [7, 11) is 0. The van der Waals surface area contributed by atoms with Crippen LogP contribution in [-0.4, -0.2) is 0 Å². The smallest absolute Gasteiger partial charge is 0.0303 e. The normalized spacial score (nSPS) is 15.9. The van der Waals surface area contributed by atoms with Gasteiger partial charge in [0.1, 0.15) is 0 Å². The Kier molecular flexibility index (Phi) is 8.32. The monoisotopic (exact) mass is 197 g/mol. The minimum atomic E-state index is 0.923. The molecule has 2 atom stereocenters.